The monoisotopic (exact) mass is 209 g/mol. The van der Waals surface area contributed by atoms with Crippen LogP contribution in [0.3, 0.4) is 0 Å². The lowest BCUT2D eigenvalue weighted by molar-refractivity contribution is 0.334. The average Bonchev–Trinajstić information content (AvgIpc) is 2.25. The molecular weight excluding hydrogens is 195 g/mol. The van der Waals surface area contributed by atoms with Crippen molar-refractivity contribution in [1.29, 1.82) is 0 Å². The van der Waals surface area contributed by atoms with Crippen LogP contribution in [-0.2, 0) is 9.09 Å². The third-order valence-electron chi connectivity index (χ3n) is 1.61. The van der Waals surface area contributed by atoms with Gasteiger partial charge in [0.1, 0.15) is 6.61 Å². The molecule has 0 aliphatic carbocycles. The van der Waals surface area contributed by atoms with Gasteiger partial charge in [0.2, 0.25) is 0 Å². The Morgan fingerprint density at radius 1 is 1.36 bits per heavy atom. The van der Waals surface area contributed by atoms with Crippen LogP contribution >= 0.6 is 8.03 Å². The molecule has 74 valence electrons. The van der Waals surface area contributed by atoms with E-state index in [0.717, 1.165) is 12.0 Å². The molecule has 0 heterocycles. The van der Waals surface area contributed by atoms with Crippen molar-refractivity contribution in [3.05, 3.63) is 41.7 Å². The minimum atomic E-state index is -1.64. The third-order valence-corrected chi connectivity index (χ3v) is 2.44. The summed E-state index contributed by atoms with van der Waals surface area (Å²) in [7, 11) is -1.64. The van der Waals surface area contributed by atoms with E-state index < -0.39 is 8.03 Å². The Bertz CT molecular complexity index is 306. The van der Waals surface area contributed by atoms with Crippen LogP contribution in [-0.4, -0.2) is 6.61 Å². The van der Waals surface area contributed by atoms with E-state index in [9.17, 15) is 4.57 Å². The Balaban J connectivity index is 2.44. The lowest BCUT2D eigenvalue weighted by atomic mass is 10.2. The van der Waals surface area contributed by atoms with E-state index in [1.54, 1.807) is 5.82 Å². The van der Waals surface area contributed by atoms with Gasteiger partial charge >= 0.3 is 8.03 Å². The van der Waals surface area contributed by atoms with Gasteiger partial charge in [-0.15, -0.1) is 4.52 Å². The normalized spacial score (nSPS) is 11.9. The maximum absolute atomic E-state index is 11.2. The zero-order valence-electron chi connectivity index (χ0n) is 8.22. The van der Waals surface area contributed by atoms with Crippen LogP contribution in [0, 0.1) is 0 Å². The molecular formula is C11H14O2P+. The molecule has 1 unspecified atom stereocenters. The van der Waals surface area contributed by atoms with E-state index in [1.165, 1.54) is 0 Å². The van der Waals surface area contributed by atoms with Crippen LogP contribution in [0.25, 0.3) is 6.08 Å². The standard InChI is InChI=1S/C11H14O2P/c1-2-9-13-14(12)10-8-11-6-4-3-5-7-11/h3-8,10H,2,9H2,1H3/q+1. The molecule has 3 heteroatoms. The van der Waals surface area contributed by atoms with Crippen molar-refractivity contribution in [3.63, 3.8) is 0 Å². The zero-order chi connectivity index (χ0) is 10.2. The number of hydrogen-bond acceptors (Lipinski definition) is 2. The molecule has 0 saturated carbocycles. The van der Waals surface area contributed by atoms with E-state index in [4.69, 9.17) is 4.52 Å². The number of hydrogen-bond donors (Lipinski definition) is 0. The minimum absolute atomic E-state index is 0.550. The minimum Gasteiger partial charge on any atom is -0.142 e. The summed E-state index contributed by atoms with van der Waals surface area (Å²) in [6.45, 7) is 2.54. The van der Waals surface area contributed by atoms with Gasteiger partial charge in [-0.1, -0.05) is 37.3 Å². The number of benzene rings is 1. The summed E-state index contributed by atoms with van der Waals surface area (Å²) in [6, 6.07) is 9.75. The summed E-state index contributed by atoms with van der Waals surface area (Å²) >= 11 is 0. The summed E-state index contributed by atoms with van der Waals surface area (Å²) in [5.41, 5.74) is 1.04. The van der Waals surface area contributed by atoms with Crippen molar-refractivity contribution in [2.45, 2.75) is 13.3 Å². The first-order valence-corrected chi connectivity index (χ1v) is 5.90. The van der Waals surface area contributed by atoms with Gasteiger partial charge in [-0.2, -0.15) is 0 Å². The summed E-state index contributed by atoms with van der Waals surface area (Å²) in [4.78, 5) is 0. The summed E-state index contributed by atoms with van der Waals surface area (Å²) < 4.78 is 16.2. The second-order valence-corrected chi connectivity index (χ2v) is 3.97. The SMILES string of the molecule is CCCO[P+](=O)C=Cc1ccccc1. The predicted octanol–water partition coefficient (Wildman–Crippen LogP) is 3.83. The molecule has 1 aromatic carbocycles. The average molecular weight is 209 g/mol. The van der Waals surface area contributed by atoms with Gasteiger partial charge in [0.25, 0.3) is 0 Å². The molecule has 0 bridgehead atoms. The van der Waals surface area contributed by atoms with Gasteiger partial charge in [-0.3, -0.25) is 0 Å². The molecule has 0 fully saturated rings. The molecule has 0 aliphatic rings. The Kier molecular flexibility index (Phi) is 5.13. The van der Waals surface area contributed by atoms with Crippen molar-refractivity contribution < 1.29 is 9.09 Å². The fraction of sp³-hybridized carbons (Fsp3) is 0.273. The Morgan fingerprint density at radius 3 is 2.71 bits per heavy atom. The molecule has 0 amide bonds. The highest BCUT2D eigenvalue weighted by Gasteiger charge is 2.10. The van der Waals surface area contributed by atoms with Crippen LogP contribution in [0.1, 0.15) is 18.9 Å². The predicted molar refractivity (Wildman–Crippen MR) is 59.3 cm³/mol. The second-order valence-electron chi connectivity index (χ2n) is 2.84. The first-order chi connectivity index (χ1) is 6.83. The lowest BCUT2D eigenvalue weighted by Crippen LogP contribution is -1.79. The summed E-state index contributed by atoms with van der Waals surface area (Å²) in [6.07, 6.45) is 2.70. The third kappa shape index (κ3) is 4.31. The molecule has 1 aromatic rings. The topological polar surface area (TPSA) is 26.3 Å². The fourth-order valence-corrected chi connectivity index (χ4v) is 1.68. The molecule has 0 aromatic heterocycles. The molecule has 0 aliphatic heterocycles. The zero-order valence-corrected chi connectivity index (χ0v) is 9.11. The van der Waals surface area contributed by atoms with E-state index >= 15 is 0 Å². The fourth-order valence-electron chi connectivity index (χ4n) is 0.935. The molecule has 14 heavy (non-hydrogen) atoms. The maximum atomic E-state index is 11.2. The van der Waals surface area contributed by atoms with Crippen molar-refractivity contribution in [1.82, 2.24) is 0 Å². The first kappa shape index (κ1) is 11.1. The van der Waals surface area contributed by atoms with Crippen LogP contribution in [0.2, 0.25) is 0 Å². The highest BCUT2D eigenvalue weighted by molar-refractivity contribution is 7.43. The highest BCUT2D eigenvalue weighted by atomic mass is 31.1. The van der Waals surface area contributed by atoms with E-state index in [0.29, 0.717) is 6.61 Å². The highest BCUT2D eigenvalue weighted by Crippen LogP contribution is 2.25. The van der Waals surface area contributed by atoms with Crippen LogP contribution < -0.4 is 0 Å². The van der Waals surface area contributed by atoms with Gasteiger partial charge in [0.05, 0.1) is 0 Å². The smallest absolute Gasteiger partial charge is 0.142 e. The molecule has 0 spiro atoms. The second kappa shape index (κ2) is 6.47. The van der Waals surface area contributed by atoms with Gasteiger partial charge in [-0.05, 0) is 22.6 Å². The van der Waals surface area contributed by atoms with Crippen molar-refractivity contribution in [3.8, 4) is 0 Å². The lowest BCUT2D eigenvalue weighted by Gasteiger charge is -1.87. The molecule has 2 nitrogen and oxygen atoms in total. The van der Waals surface area contributed by atoms with E-state index in [1.807, 2.05) is 43.3 Å². The Morgan fingerprint density at radius 2 is 2.07 bits per heavy atom. The quantitative estimate of drug-likeness (QED) is 0.689. The molecule has 0 radical (unpaired) electrons. The molecule has 1 atom stereocenters. The largest absolute Gasteiger partial charge is 0.540 e. The van der Waals surface area contributed by atoms with Gasteiger partial charge in [0.15, 0.2) is 5.82 Å². The van der Waals surface area contributed by atoms with E-state index in [-0.39, 0.29) is 0 Å². The van der Waals surface area contributed by atoms with Crippen LogP contribution in [0.15, 0.2) is 36.1 Å². The summed E-state index contributed by atoms with van der Waals surface area (Å²) in [5.74, 6) is 1.60. The Hall–Kier alpha value is -0.980. The first-order valence-electron chi connectivity index (χ1n) is 4.65. The Labute approximate surface area is 85.5 Å². The summed E-state index contributed by atoms with van der Waals surface area (Å²) in [5, 5.41) is 0. The van der Waals surface area contributed by atoms with Gasteiger partial charge < -0.3 is 0 Å². The molecule has 0 N–H and O–H groups in total. The number of rotatable bonds is 5. The van der Waals surface area contributed by atoms with Crippen molar-refractivity contribution in [2.24, 2.45) is 0 Å². The van der Waals surface area contributed by atoms with E-state index in [2.05, 4.69) is 0 Å². The molecule has 1 rings (SSSR count). The van der Waals surface area contributed by atoms with Gasteiger partial charge in [0, 0.05) is 0 Å². The van der Waals surface area contributed by atoms with Crippen molar-refractivity contribution in [2.75, 3.05) is 6.61 Å². The van der Waals surface area contributed by atoms with Crippen LogP contribution in [0.5, 0.6) is 0 Å². The van der Waals surface area contributed by atoms with Crippen LogP contribution in [0.4, 0.5) is 0 Å². The maximum Gasteiger partial charge on any atom is 0.540 e. The van der Waals surface area contributed by atoms with Gasteiger partial charge in [-0.25, -0.2) is 0 Å². The molecule has 0 saturated heterocycles. The van der Waals surface area contributed by atoms with Crippen molar-refractivity contribution >= 4 is 14.1 Å².